The van der Waals surface area contributed by atoms with Gasteiger partial charge in [0.15, 0.2) is 0 Å². The molecule has 4 heteroatoms. The van der Waals surface area contributed by atoms with Crippen LogP contribution in [0, 0.1) is 5.92 Å². The van der Waals surface area contributed by atoms with Crippen LogP contribution in [0.4, 0.5) is 0 Å². The number of aliphatic hydroxyl groups excluding tert-OH is 1. The minimum Gasteiger partial charge on any atom is -0.396 e. The average molecular weight is 273 g/mol. The van der Waals surface area contributed by atoms with Crippen LogP contribution in [0.3, 0.4) is 0 Å². The number of rotatable bonds is 4. The molecule has 15 heavy (non-hydrogen) atoms. The second-order valence-corrected chi connectivity index (χ2v) is 5.18. The van der Waals surface area contributed by atoms with Crippen LogP contribution in [0.1, 0.15) is 38.1 Å². The number of hydrogen-bond acceptors (Lipinski definition) is 2. The van der Waals surface area contributed by atoms with Gasteiger partial charge in [-0.05, 0) is 41.1 Å². The SMILES string of the molecule is OCC[C@H](C1CCCC1)n1cc(Br)cn1. The van der Waals surface area contributed by atoms with Crippen LogP contribution in [-0.4, -0.2) is 21.5 Å². The summed E-state index contributed by atoms with van der Waals surface area (Å²) < 4.78 is 3.03. The second kappa shape index (κ2) is 5.12. The lowest BCUT2D eigenvalue weighted by atomic mass is 9.96. The van der Waals surface area contributed by atoms with E-state index in [1.54, 1.807) is 0 Å². The quantitative estimate of drug-likeness (QED) is 0.916. The van der Waals surface area contributed by atoms with E-state index < -0.39 is 0 Å². The zero-order chi connectivity index (χ0) is 10.7. The Balaban J connectivity index is 2.11. The normalized spacial score (nSPS) is 19.6. The third-order valence-corrected chi connectivity index (χ3v) is 3.69. The molecule has 1 aromatic heterocycles. The van der Waals surface area contributed by atoms with Crippen molar-refractivity contribution in [1.82, 2.24) is 9.78 Å². The molecule has 1 atom stereocenters. The number of aromatic nitrogens is 2. The zero-order valence-electron chi connectivity index (χ0n) is 8.77. The van der Waals surface area contributed by atoms with Gasteiger partial charge in [-0.3, -0.25) is 4.68 Å². The number of hydrogen-bond donors (Lipinski definition) is 1. The Hall–Kier alpha value is -0.350. The van der Waals surface area contributed by atoms with Gasteiger partial charge in [0, 0.05) is 12.8 Å². The van der Waals surface area contributed by atoms with Gasteiger partial charge in [-0.2, -0.15) is 5.10 Å². The van der Waals surface area contributed by atoms with Crippen molar-refractivity contribution in [3.63, 3.8) is 0 Å². The van der Waals surface area contributed by atoms with Crippen molar-refractivity contribution >= 4 is 15.9 Å². The molecule has 0 unspecified atom stereocenters. The highest BCUT2D eigenvalue weighted by atomic mass is 79.9. The molecule has 0 spiro atoms. The minimum absolute atomic E-state index is 0.249. The molecule has 0 amide bonds. The van der Waals surface area contributed by atoms with Gasteiger partial charge >= 0.3 is 0 Å². The van der Waals surface area contributed by atoms with Crippen molar-refractivity contribution in [2.24, 2.45) is 5.92 Å². The molecule has 0 saturated heterocycles. The van der Waals surface area contributed by atoms with E-state index in [9.17, 15) is 0 Å². The Kier molecular flexibility index (Phi) is 3.81. The molecule has 1 saturated carbocycles. The molecule has 0 bridgehead atoms. The van der Waals surface area contributed by atoms with Crippen molar-refractivity contribution < 1.29 is 5.11 Å². The maximum Gasteiger partial charge on any atom is 0.0632 e. The first-order valence-electron chi connectivity index (χ1n) is 5.62. The molecule has 1 aromatic rings. The number of aliphatic hydroxyl groups is 1. The van der Waals surface area contributed by atoms with E-state index in [2.05, 4.69) is 21.0 Å². The fourth-order valence-electron chi connectivity index (χ4n) is 2.55. The first-order valence-corrected chi connectivity index (χ1v) is 6.41. The highest BCUT2D eigenvalue weighted by Gasteiger charge is 2.26. The largest absolute Gasteiger partial charge is 0.396 e. The lowest BCUT2D eigenvalue weighted by Gasteiger charge is -2.23. The predicted molar refractivity (Wildman–Crippen MR) is 62.6 cm³/mol. The van der Waals surface area contributed by atoms with E-state index >= 15 is 0 Å². The summed E-state index contributed by atoms with van der Waals surface area (Å²) in [5.74, 6) is 0.698. The molecule has 1 aliphatic rings. The Morgan fingerprint density at radius 3 is 2.80 bits per heavy atom. The smallest absolute Gasteiger partial charge is 0.0632 e. The summed E-state index contributed by atoms with van der Waals surface area (Å²) >= 11 is 3.41. The fourth-order valence-corrected chi connectivity index (χ4v) is 2.86. The summed E-state index contributed by atoms with van der Waals surface area (Å²) in [6, 6.07) is 0.379. The summed E-state index contributed by atoms with van der Waals surface area (Å²) in [4.78, 5) is 0. The molecular weight excluding hydrogens is 256 g/mol. The maximum atomic E-state index is 9.11. The van der Waals surface area contributed by atoms with E-state index in [4.69, 9.17) is 5.11 Å². The van der Waals surface area contributed by atoms with Crippen LogP contribution >= 0.6 is 15.9 Å². The molecule has 0 aliphatic heterocycles. The van der Waals surface area contributed by atoms with E-state index in [1.165, 1.54) is 25.7 Å². The van der Waals surface area contributed by atoms with Gasteiger partial charge in [-0.15, -0.1) is 0 Å². The number of halogens is 1. The Morgan fingerprint density at radius 1 is 1.53 bits per heavy atom. The standard InChI is InChI=1S/C11H17BrN2O/c12-10-7-13-14(8-10)11(5-6-15)9-3-1-2-4-9/h7-9,11,15H,1-6H2/t11-/m1/s1. The van der Waals surface area contributed by atoms with Crippen molar-refractivity contribution in [3.8, 4) is 0 Å². The molecule has 1 heterocycles. The van der Waals surface area contributed by atoms with E-state index in [0.29, 0.717) is 12.0 Å². The lowest BCUT2D eigenvalue weighted by molar-refractivity contribution is 0.211. The summed E-state index contributed by atoms with van der Waals surface area (Å²) in [5, 5.41) is 13.5. The minimum atomic E-state index is 0.249. The van der Waals surface area contributed by atoms with Crippen molar-refractivity contribution in [1.29, 1.82) is 0 Å². The predicted octanol–water partition coefficient (Wildman–Crippen LogP) is 2.76. The van der Waals surface area contributed by atoms with Crippen LogP contribution in [0.2, 0.25) is 0 Å². The van der Waals surface area contributed by atoms with Crippen LogP contribution in [0.25, 0.3) is 0 Å². The zero-order valence-corrected chi connectivity index (χ0v) is 10.4. The van der Waals surface area contributed by atoms with Gasteiger partial charge in [0.25, 0.3) is 0 Å². The molecule has 84 valence electrons. The molecule has 0 radical (unpaired) electrons. The molecule has 1 aliphatic carbocycles. The topological polar surface area (TPSA) is 38.0 Å². The summed E-state index contributed by atoms with van der Waals surface area (Å²) in [6.45, 7) is 0.249. The molecule has 2 rings (SSSR count). The van der Waals surface area contributed by atoms with Crippen molar-refractivity contribution in [2.75, 3.05) is 6.61 Å². The third kappa shape index (κ3) is 2.61. The van der Waals surface area contributed by atoms with E-state index in [0.717, 1.165) is 10.9 Å². The van der Waals surface area contributed by atoms with Crippen LogP contribution < -0.4 is 0 Å². The number of nitrogens with zero attached hydrogens (tertiary/aromatic N) is 2. The van der Waals surface area contributed by atoms with Gasteiger partial charge in [-0.25, -0.2) is 0 Å². The molecule has 1 fully saturated rings. The average Bonchev–Trinajstić information content (AvgIpc) is 2.85. The van der Waals surface area contributed by atoms with Gasteiger partial charge < -0.3 is 5.11 Å². The molecular formula is C11H17BrN2O. The van der Waals surface area contributed by atoms with E-state index in [1.807, 2.05) is 17.1 Å². The van der Waals surface area contributed by atoms with Crippen molar-refractivity contribution in [3.05, 3.63) is 16.9 Å². The molecule has 0 aromatic carbocycles. The Labute approximate surface area is 98.6 Å². The van der Waals surface area contributed by atoms with Gasteiger partial charge in [0.2, 0.25) is 0 Å². The third-order valence-electron chi connectivity index (χ3n) is 3.28. The Bertz CT molecular complexity index is 307. The maximum absolute atomic E-state index is 9.11. The van der Waals surface area contributed by atoms with Crippen LogP contribution in [0.5, 0.6) is 0 Å². The monoisotopic (exact) mass is 272 g/mol. The highest BCUT2D eigenvalue weighted by molar-refractivity contribution is 9.10. The van der Waals surface area contributed by atoms with Crippen LogP contribution in [-0.2, 0) is 0 Å². The second-order valence-electron chi connectivity index (χ2n) is 4.26. The first kappa shape index (κ1) is 11.1. The highest BCUT2D eigenvalue weighted by Crippen LogP contribution is 2.36. The summed E-state index contributed by atoms with van der Waals surface area (Å²) in [5.41, 5.74) is 0. The van der Waals surface area contributed by atoms with E-state index in [-0.39, 0.29) is 6.61 Å². The van der Waals surface area contributed by atoms with Gasteiger partial charge in [0.1, 0.15) is 0 Å². The van der Waals surface area contributed by atoms with Gasteiger partial charge in [0.05, 0.1) is 16.7 Å². The molecule has 3 nitrogen and oxygen atoms in total. The molecule has 1 N–H and O–H groups in total. The Morgan fingerprint density at radius 2 is 2.27 bits per heavy atom. The van der Waals surface area contributed by atoms with Crippen LogP contribution in [0.15, 0.2) is 16.9 Å². The summed E-state index contributed by atoms with van der Waals surface area (Å²) in [6.07, 6.45) is 9.87. The van der Waals surface area contributed by atoms with Crippen molar-refractivity contribution in [2.45, 2.75) is 38.1 Å². The first-order chi connectivity index (χ1) is 7.31. The van der Waals surface area contributed by atoms with Gasteiger partial charge in [-0.1, -0.05) is 12.8 Å². The lowest BCUT2D eigenvalue weighted by Crippen LogP contribution is -2.19. The summed E-state index contributed by atoms with van der Waals surface area (Å²) in [7, 11) is 0. The fraction of sp³-hybridized carbons (Fsp3) is 0.727.